The van der Waals surface area contributed by atoms with E-state index >= 15 is 0 Å². The van der Waals surface area contributed by atoms with Crippen molar-refractivity contribution >= 4 is 44.2 Å². The molecule has 1 unspecified atom stereocenters. The number of carbonyl (C=O) groups is 2. The quantitative estimate of drug-likeness (QED) is 0.368. The van der Waals surface area contributed by atoms with Crippen molar-refractivity contribution in [2.45, 2.75) is 19.9 Å². The first-order valence-corrected chi connectivity index (χ1v) is 12.2. The lowest BCUT2D eigenvalue weighted by Crippen LogP contribution is -2.37. The second-order valence-corrected chi connectivity index (χ2v) is 9.22. The summed E-state index contributed by atoms with van der Waals surface area (Å²) in [7, 11) is 0. The molecule has 0 aliphatic carbocycles. The van der Waals surface area contributed by atoms with E-state index in [4.69, 9.17) is 9.72 Å². The zero-order valence-corrected chi connectivity index (χ0v) is 19.7. The van der Waals surface area contributed by atoms with Crippen LogP contribution in [-0.2, 0) is 16.1 Å². The van der Waals surface area contributed by atoms with E-state index in [-0.39, 0.29) is 18.2 Å². The number of nitrogens with zero attached hydrogens (tertiary/aromatic N) is 3. The molecule has 5 rings (SSSR count). The third-order valence-electron chi connectivity index (χ3n) is 5.88. The van der Waals surface area contributed by atoms with E-state index in [0.717, 1.165) is 27.2 Å². The number of para-hydroxylation sites is 1. The molecule has 2 heterocycles. The second kappa shape index (κ2) is 9.65. The SMILES string of the molecule is CCOc1ccc2nc(N(Cc3ccccc3)C(=O)C3CC(=O)N(c4ccccc4)C3)sc2c1. The van der Waals surface area contributed by atoms with Crippen LogP contribution >= 0.6 is 11.3 Å². The maximum absolute atomic E-state index is 13.8. The number of benzene rings is 3. The van der Waals surface area contributed by atoms with Crippen LogP contribution in [0.3, 0.4) is 0 Å². The Morgan fingerprint density at radius 3 is 2.56 bits per heavy atom. The highest BCUT2D eigenvalue weighted by atomic mass is 32.1. The number of rotatable bonds is 7. The molecule has 1 aromatic heterocycles. The lowest BCUT2D eigenvalue weighted by atomic mass is 10.1. The number of fused-ring (bicyclic) bond motifs is 1. The molecule has 1 aliphatic heterocycles. The summed E-state index contributed by atoms with van der Waals surface area (Å²) in [6.07, 6.45) is 0.193. The summed E-state index contributed by atoms with van der Waals surface area (Å²) in [6, 6.07) is 25.2. The fourth-order valence-electron chi connectivity index (χ4n) is 4.22. The Morgan fingerprint density at radius 2 is 1.82 bits per heavy atom. The molecular weight excluding hydrogens is 446 g/mol. The molecule has 6 nitrogen and oxygen atoms in total. The van der Waals surface area contributed by atoms with Crippen LogP contribution in [0.15, 0.2) is 78.9 Å². The van der Waals surface area contributed by atoms with Gasteiger partial charge in [0.2, 0.25) is 11.8 Å². The summed E-state index contributed by atoms with van der Waals surface area (Å²) in [4.78, 5) is 34.8. The summed E-state index contributed by atoms with van der Waals surface area (Å²) in [6.45, 7) is 3.30. The van der Waals surface area contributed by atoms with Crippen LogP contribution in [0.2, 0.25) is 0 Å². The van der Waals surface area contributed by atoms with Crippen molar-refractivity contribution < 1.29 is 14.3 Å². The van der Waals surface area contributed by atoms with Gasteiger partial charge in [0.25, 0.3) is 0 Å². The molecule has 1 atom stereocenters. The van der Waals surface area contributed by atoms with Gasteiger partial charge in [-0.2, -0.15) is 0 Å². The second-order valence-electron chi connectivity index (χ2n) is 8.21. The Morgan fingerprint density at radius 1 is 1.09 bits per heavy atom. The number of aromatic nitrogens is 1. The standard InChI is InChI=1S/C27H25N3O3S/c1-2-33-22-13-14-23-24(16-22)34-27(28-23)30(17-19-9-5-3-6-10-19)26(32)20-15-25(31)29(18-20)21-11-7-4-8-12-21/h3-14,16,20H,2,15,17-18H2,1H3. The van der Waals surface area contributed by atoms with E-state index in [9.17, 15) is 9.59 Å². The van der Waals surface area contributed by atoms with Crippen molar-refractivity contribution in [1.82, 2.24) is 4.98 Å². The number of ether oxygens (including phenoxy) is 1. The minimum atomic E-state index is -0.428. The first-order valence-electron chi connectivity index (χ1n) is 11.4. The topological polar surface area (TPSA) is 62.7 Å². The molecule has 1 aliphatic rings. The molecule has 172 valence electrons. The molecule has 1 fully saturated rings. The first kappa shape index (κ1) is 22.1. The van der Waals surface area contributed by atoms with Gasteiger partial charge < -0.3 is 9.64 Å². The van der Waals surface area contributed by atoms with E-state index < -0.39 is 5.92 Å². The number of hydrogen-bond acceptors (Lipinski definition) is 5. The fraction of sp³-hybridized carbons (Fsp3) is 0.222. The van der Waals surface area contributed by atoms with E-state index in [1.807, 2.05) is 85.8 Å². The molecule has 0 N–H and O–H groups in total. The van der Waals surface area contributed by atoms with Gasteiger partial charge in [-0.25, -0.2) is 4.98 Å². The lowest BCUT2D eigenvalue weighted by molar-refractivity contribution is -0.124. The van der Waals surface area contributed by atoms with Crippen LogP contribution in [-0.4, -0.2) is 29.9 Å². The highest BCUT2D eigenvalue weighted by Gasteiger charge is 2.38. The minimum Gasteiger partial charge on any atom is -0.494 e. The van der Waals surface area contributed by atoms with Gasteiger partial charge in [0.05, 0.1) is 29.3 Å². The van der Waals surface area contributed by atoms with Gasteiger partial charge in [0, 0.05) is 18.7 Å². The van der Waals surface area contributed by atoms with E-state index in [1.165, 1.54) is 11.3 Å². The average molecular weight is 472 g/mol. The van der Waals surface area contributed by atoms with E-state index in [0.29, 0.717) is 24.8 Å². The monoisotopic (exact) mass is 471 g/mol. The Kier molecular flexibility index (Phi) is 6.27. The largest absolute Gasteiger partial charge is 0.494 e. The van der Waals surface area contributed by atoms with Crippen molar-refractivity contribution in [2.24, 2.45) is 5.92 Å². The predicted octanol–water partition coefficient (Wildman–Crippen LogP) is 5.28. The Balaban J connectivity index is 1.46. The van der Waals surface area contributed by atoms with Crippen LogP contribution in [0, 0.1) is 5.92 Å². The van der Waals surface area contributed by atoms with Crippen LogP contribution in [0.1, 0.15) is 18.9 Å². The molecule has 0 saturated carbocycles. The zero-order chi connectivity index (χ0) is 23.5. The van der Waals surface area contributed by atoms with Gasteiger partial charge in [-0.05, 0) is 42.8 Å². The average Bonchev–Trinajstić information content (AvgIpc) is 3.46. The molecule has 2 amide bonds. The highest BCUT2D eigenvalue weighted by molar-refractivity contribution is 7.22. The summed E-state index contributed by atoms with van der Waals surface area (Å²) < 4.78 is 6.59. The summed E-state index contributed by atoms with van der Waals surface area (Å²) in [5.74, 6) is 0.239. The molecule has 7 heteroatoms. The first-order chi connectivity index (χ1) is 16.6. The summed E-state index contributed by atoms with van der Waals surface area (Å²) in [5.41, 5.74) is 2.65. The van der Waals surface area contributed by atoms with E-state index in [2.05, 4.69) is 0 Å². The summed E-state index contributed by atoms with van der Waals surface area (Å²) >= 11 is 1.47. The molecule has 0 spiro atoms. The summed E-state index contributed by atoms with van der Waals surface area (Å²) in [5, 5.41) is 0.628. The van der Waals surface area contributed by atoms with Gasteiger partial charge in [-0.15, -0.1) is 0 Å². The number of carbonyl (C=O) groups excluding carboxylic acids is 2. The fourth-order valence-corrected chi connectivity index (χ4v) is 5.22. The smallest absolute Gasteiger partial charge is 0.234 e. The Labute approximate surface area is 202 Å². The number of thiazole rings is 1. The predicted molar refractivity (Wildman–Crippen MR) is 135 cm³/mol. The van der Waals surface area contributed by atoms with Gasteiger partial charge in [0.1, 0.15) is 5.75 Å². The molecule has 4 aromatic rings. The van der Waals surface area contributed by atoms with Gasteiger partial charge >= 0.3 is 0 Å². The normalized spacial score (nSPS) is 15.6. The van der Waals surface area contributed by atoms with E-state index in [1.54, 1.807) is 9.80 Å². The molecule has 34 heavy (non-hydrogen) atoms. The number of hydrogen-bond donors (Lipinski definition) is 0. The van der Waals surface area contributed by atoms with Crippen LogP contribution in [0.25, 0.3) is 10.2 Å². The number of amides is 2. The number of anilines is 2. The van der Waals surface area contributed by atoms with Crippen molar-refractivity contribution in [1.29, 1.82) is 0 Å². The van der Waals surface area contributed by atoms with Gasteiger partial charge in [-0.3, -0.25) is 14.5 Å². The van der Waals surface area contributed by atoms with Crippen LogP contribution in [0.4, 0.5) is 10.8 Å². The van der Waals surface area contributed by atoms with Gasteiger partial charge in [-0.1, -0.05) is 59.9 Å². The van der Waals surface area contributed by atoms with Gasteiger partial charge in [0.15, 0.2) is 5.13 Å². The Bertz CT molecular complexity index is 1310. The van der Waals surface area contributed by atoms with Crippen molar-refractivity contribution in [3.05, 3.63) is 84.4 Å². The Hall–Kier alpha value is -3.71. The van der Waals surface area contributed by atoms with Crippen molar-refractivity contribution in [2.75, 3.05) is 23.0 Å². The van der Waals surface area contributed by atoms with Crippen molar-refractivity contribution in [3.8, 4) is 5.75 Å². The van der Waals surface area contributed by atoms with Crippen LogP contribution in [0.5, 0.6) is 5.75 Å². The maximum atomic E-state index is 13.8. The highest BCUT2D eigenvalue weighted by Crippen LogP contribution is 2.34. The maximum Gasteiger partial charge on any atom is 0.234 e. The molecule has 0 bridgehead atoms. The van der Waals surface area contributed by atoms with Crippen molar-refractivity contribution in [3.63, 3.8) is 0 Å². The third kappa shape index (κ3) is 4.52. The molecular formula is C27H25N3O3S. The third-order valence-corrected chi connectivity index (χ3v) is 6.92. The lowest BCUT2D eigenvalue weighted by Gasteiger charge is -2.23. The molecule has 0 radical (unpaired) electrons. The van der Waals surface area contributed by atoms with Crippen LogP contribution < -0.4 is 14.5 Å². The zero-order valence-electron chi connectivity index (χ0n) is 18.9. The molecule has 1 saturated heterocycles. The molecule has 3 aromatic carbocycles. The minimum absolute atomic E-state index is 0.0325.